The van der Waals surface area contributed by atoms with Crippen molar-refractivity contribution in [3.05, 3.63) is 58.5 Å². The van der Waals surface area contributed by atoms with Crippen molar-refractivity contribution in [1.82, 2.24) is 9.97 Å². The Hall–Kier alpha value is -0.536. The summed E-state index contributed by atoms with van der Waals surface area (Å²) in [6.07, 6.45) is 0. The normalized spacial score (nSPS) is 15.6. The van der Waals surface area contributed by atoms with E-state index in [9.17, 15) is 0 Å². The van der Waals surface area contributed by atoms with E-state index in [-0.39, 0.29) is 10.8 Å². The van der Waals surface area contributed by atoms with Crippen LogP contribution in [0.4, 0.5) is 0 Å². The lowest BCUT2D eigenvalue weighted by atomic mass is 9.97. The Morgan fingerprint density at radius 1 is 0.605 bits per heavy atom. The van der Waals surface area contributed by atoms with Gasteiger partial charge in [-0.05, 0) is 34.1 Å². The van der Waals surface area contributed by atoms with E-state index in [1.807, 2.05) is 33.7 Å². The first-order valence-corrected chi connectivity index (χ1v) is 22.9. The van der Waals surface area contributed by atoms with E-state index in [0.717, 1.165) is 32.6 Å². The molecule has 2 unspecified atom stereocenters. The van der Waals surface area contributed by atoms with Crippen molar-refractivity contribution in [2.45, 2.75) is 36.8 Å². The number of aromatic nitrogens is 2. The van der Waals surface area contributed by atoms with Gasteiger partial charge in [0.2, 0.25) is 0 Å². The van der Waals surface area contributed by atoms with Gasteiger partial charge < -0.3 is 26.6 Å². The molecule has 8 nitrogen and oxygen atoms in total. The van der Waals surface area contributed by atoms with Crippen molar-refractivity contribution in [1.29, 1.82) is 0 Å². The third kappa shape index (κ3) is 8.07. The molecular formula is C28H40N2O6S5Si2. The van der Waals surface area contributed by atoms with Gasteiger partial charge >= 0.3 is 17.6 Å². The maximum absolute atomic E-state index is 5.86. The van der Waals surface area contributed by atoms with Gasteiger partial charge in [0.25, 0.3) is 0 Å². The van der Waals surface area contributed by atoms with Crippen LogP contribution in [0.1, 0.15) is 23.9 Å². The fourth-order valence-electron chi connectivity index (χ4n) is 4.87. The van der Waals surface area contributed by atoms with Crippen LogP contribution in [-0.4, -0.2) is 81.7 Å². The average Bonchev–Trinajstić information content (AvgIpc) is 3.68. The van der Waals surface area contributed by atoms with Crippen LogP contribution < -0.4 is 0 Å². The molecule has 0 saturated heterocycles. The SMILES string of the molecule is CO[Si](CC(C)(CSSSCC(C)(C[Si](OC)(OC)OC)c1nc2ccccc2s1)c1nc2ccccc2s1)(OC)OC. The first kappa shape index (κ1) is 35.3. The third-order valence-corrected chi connectivity index (χ3v) is 21.1. The van der Waals surface area contributed by atoms with Crippen LogP contribution in [0.25, 0.3) is 20.4 Å². The molecule has 2 heterocycles. The van der Waals surface area contributed by atoms with Crippen LogP contribution in [0.5, 0.6) is 0 Å². The second-order valence-electron chi connectivity index (χ2n) is 10.6. The number of fused-ring (bicyclic) bond motifs is 2. The van der Waals surface area contributed by atoms with Gasteiger partial charge in [-0.1, -0.05) is 59.7 Å². The standard InChI is InChI=1S/C28H40N2O6S5Si2/c1-27(19-42(31-3,32-4)33-5,25-29-21-13-9-11-15-23(21)39-25)17-37-41-38-18-28(2,20-43(34-6,35-7)36-8)26-30-22-14-10-12-16-24(22)40-26/h9-16H,17-20H2,1-8H3. The summed E-state index contributed by atoms with van der Waals surface area (Å²) < 4.78 is 37.5. The van der Waals surface area contributed by atoms with E-state index >= 15 is 0 Å². The second-order valence-corrected chi connectivity index (χ2v) is 22.8. The second kappa shape index (κ2) is 15.4. The first-order chi connectivity index (χ1) is 20.6. The summed E-state index contributed by atoms with van der Waals surface area (Å²) in [6, 6.07) is 17.8. The summed E-state index contributed by atoms with van der Waals surface area (Å²) in [5.41, 5.74) is 1.37. The lowest BCUT2D eigenvalue weighted by Gasteiger charge is -2.35. The number of rotatable bonds is 18. The number of thiazole rings is 2. The monoisotopic (exact) mass is 716 g/mol. The zero-order valence-corrected chi connectivity index (χ0v) is 31.9. The summed E-state index contributed by atoms with van der Waals surface area (Å²) in [5, 5.41) is 2.12. The van der Waals surface area contributed by atoms with E-state index in [4.69, 9.17) is 36.5 Å². The van der Waals surface area contributed by atoms with Crippen LogP contribution in [0.2, 0.25) is 12.1 Å². The molecule has 0 amide bonds. The molecule has 0 spiro atoms. The average molecular weight is 717 g/mol. The van der Waals surface area contributed by atoms with Crippen LogP contribution in [0, 0.1) is 0 Å². The summed E-state index contributed by atoms with van der Waals surface area (Å²) >= 11 is 3.46. The quantitative estimate of drug-likeness (QED) is 0.0573. The van der Waals surface area contributed by atoms with Crippen LogP contribution >= 0.6 is 54.1 Å². The van der Waals surface area contributed by atoms with Crippen molar-refractivity contribution in [3.8, 4) is 0 Å². The van der Waals surface area contributed by atoms with Gasteiger partial charge in [-0.2, -0.15) is 0 Å². The highest BCUT2D eigenvalue weighted by Crippen LogP contribution is 2.48. The van der Waals surface area contributed by atoms with Gasteiger partial charge in [-0.3, -0.25) is 0 Å². The molecule has 0 saturated carbocycles. The van der Waals surface area contributed by atoms with Crippen molar-refractivity contribution in [2.24, 2.45) is 0 Å². The molecule has 4 aromatic rings. The van der Waals surface area contributed by atoms with E-state index in [1.54, 1.807) is 75.2 Å². The minimum Gasteiger partial charge on any atom is -0.377 e. The predicted molar refractivity (Wildman–Crippen MR) is 190 cm³/mol. The summed E-state index contributed by atoms with van der Waals surface area (Å²) in [7, 11) is 9.64. The Kier molecular flexibility index (Phi) is 12.6. The summed E-state index contributed by atoms with van der Waals surface area (Å²) in [4.78, 5) is 10.1. The topological polar surface area (TPSA) is 81.2 Å². The highest BCUT2D eigenvalue weighted by atomic mass is 33.5. The zero-order chi connectivity index (χ0) is 31.1. The van der Waals surface area contributed by atoms with Gasteiger partial charge in [0, 0.05) is 77.1 Å². The van der Waals surface area contributed by atoms with Gasteiger partial charge in [0.15, 0.2) is 0 Å². The Morgan fingerprint density at radius 3 is 1.28 bits per heavy atom. The number of hydrogen-bond acceptors (Lipinski definition) is 13. The molecule has 0 aliphatic rings. The van der Waals surface area contributed by atoms with Crippen LogP contribution in [0.3, 0.4) is 0 Å². The minimum atomic E-state index is -2.89. The fourth-order valence-corrected chi connectivity index (χ4v) is 16.9. The smallest absolute Gasteiger partial charge is 0.377 e. The van der Waals surface area contributed by atoms with Crippen molar-refractivity contribution < 1.29 is 26.6 Å². The van der Waals surface area contributed by atoms with Gasteiger partial charge in [-0.25, -0.2) is 9.97 Å². The summed E-state index contributed by atoms with van der Waals surface area (Å²) in [5.74, 6) is 1.61. The van der Waals surface area contributed by atoms with Gasteiger partial charge in [0.05, 0.1) is 20.4 Å². The highest BCUT2D eigenvalue weighted by Gasteiger charge is 2.49. The zero-order valence-electron chi connectivity index (χ0n) is 25.8. The van der Waals surface area contributed by atoms with E-state index in [1.165, 1.54) is 9.40 Å². The molecule has 43 heavy (non-hydrogen) atoms. The van der Waals surface area contributed by atoms with Crippen molar-refractivity contribution in [2.75, 3.05) is 54.2 Å². The van der Waals surface area contributed by atoms with Crippen molar-refractivity contribution >= 4 is 92.1 Å². The van der Waals surface area contributed by atoms with Crippen LogP contribution in [0.15, 0.2) is 48.5 Å². The molecule has 2 aromatic heterocycles. The molecule has 0 fully saturated rings. The number of benzene rings is 2. The molecule has 4 rings (SSSR count). The maximum atomic E-state index is 5.86. The predicted octanol–water partition coefficient (Wildman–Crippen LogP) is 7.91. The van der Waals surface area contributed by atoms with Crippen LogP contribution in [-0.2, 0) is 37.4 Å². The molecule has 2 aromatic carbocycles. The van der Waals surface area contributed by atoms with E-state index < -0.39 is 17.6 Å². The Morgan fingerprint density at radius 2 is 0.953 bits per heavy atom. The highest BCUT2D eigenvalue weighted by molar-refractivity contribution is 9.09. The lowest BCUT2D eigenvalue weighted by Crippen LogP contribution is -2.49. The molecule has 0 aliphatic heterocycles. The molecule has 2 atom stereocenters. The maximum Gasteiger partial charge on any atom is 0.501 e. The molecule has 236 valence electrons. The minimum absolute atomic E-state index is 0.323. The Balaban J connectivity index is 1.53. The van der Waals surface area contributed by atoms with E-state index in [2.05, 4.69) is 50.2 Å². The molecule has 0 bridgehead atoms. The molecule has 15 heteroatoms. The Labute approximate surface area is 276 Å². The summed E-state index contributed by atoms with van der Waals surface area (Å²) in [6.45, 7) is 4.48. The third-order valence-electron chi connectivity index (χ3n) is 7.55. The number of para-hydroxylation sites is 2. The number of nitrogens with zero attached hydrogens (tertiary/aromatic N) is 2. The number of hydrogen-bond donors (Lipinski definition) is 0. The molecule has 0 radical (unpaired) electrons. The molecular weight excluding hydrogens is 677 g/mol. The van der Waals surface area contributed by atoms with Gasteiger partial charge in [-0.15, -0.1) is 22.7 Å². The van der Waals surface area contributed by atoms with Gasteiger partial charge in [0.1, 0.15) is 10.0 Å². The first-order valence-electron chi connectivity index (χ1n) is 13.6. The van der Waals surface area contributed by atoms with Crippen molar-refractivity contribution in [3.63, 3.8) is 0 Å². The molecule has 0 aliphatic carbocycles. The Bertz CT molecular complexity index is 1280. The fraction of sp³-hybridized carbons (Fsp3) is 0.500. The lowest BCUT2D eigenvalue weighted by molar-refractivity contribution is 0.117. The van der Waals surface area contributed by atoms with E-state index in [0.29, 0.717) is 12.1 Å². The largest absolute Gasteiger partial charge is 0.501 e. The molecule has 0 N–H and O–H groups in total.